The number of anilines is 2. The van der Waals surface area contributed by atoms with Gasteiger partial charge in [0.05, 0.1) is 23.6 Å². The molecule has 2 aromatic rings. The fourth-order valence-electron chi connectivity index (χ4n) is 3.19. The van der Waals surface area contributed by atoms with E-state index in [1.165, 1.54) is 13.0 Å². The Labute approximate surface area is 176 Å². The van der Waals surface area contributed by atoms with Crippen LogP contribution >= 0.6 is 22.6 Å². The predicted octanol–water partition coefficient (Wildman–Crippen LogP) is 2.12. The highest BCUT2D eigenvalue weighted by Gasteiger charge is 2.33. The summed E-state index contributed by atoms with van der Waals surface area (Å²) in [4.78, 5) is 26.6. The van der Waals surface area contributed by atoms with Crippen molar-refractivity contribution in [3.05, 3.63) is 44.9 Å². The lowest BCUT2D eigenvalue weighted by atomic mass is 10.1. The van der Waals surface area contributed by atoms with Crippen molar-refractivity contribution < 1.29 is 19.1 Å². The number of carbonyl (C=O) groups is 2. The molecule has 1 saturated heterocycles. The molecule has 150 valence electrons. The fourth-order valence-corrected chi connectivity index (χ4v) is 3.64. The summed E-state index contributed by atoms with van der Waals surface area (Å²) >= 11 is 2.02. The molecule has 1 aliphatic heterocycles. The van der Waals surface area contributed by atoms with Crippen LogP contribution in [0.1, 0.15) is 27.8 Å². The Kier molecular flexibility index (Phi) is 6.36. The molecule has 1 aliphatic rings. The maximum Gasteiger partial charge on any atom is 0.257 e. The summed E-state index contributed by atoms with van der Waals surface area (Å²) in [5.74, 6) is -0.465. The van der Waals surface area contributed by atoms with Crippen molar-refractivity contribution in [1.29, 1.82) is 0 Å². The smallest absolute Gasteiger partial charge is 0.257 e. The Morgan fingerprint density at radius 2 is 2.04 bits per heavy atom. The SMILES string of the molecule is CC(=O)c1cc(C(=O)N2CC(NCCO)C2)c(Nc2ccc(I)cc2F)n1C. The summed E-state index contributed by atoms with van der Waals surface area (Å²) in [6.45, 7) is 2.98. The number of amides is 1. The Balaban J connectivity index is 1.87. The minimum Gasteiger partial charge on any atom is -0.395 e. The Bertz CT molecular complexity index is 909. The summed E-state index contributed by atoms with van der Waals surface area (Å²) < 4.78 is 16.6. The summed E-state index contributed by atoms with van der Waals surface area (Å²) in [5, 5.41) is 15.0. The zero-order chi connectivity index (χ0) is 20.4. The van der Waals surface area contributed by atoms with Gasteiger partial charge in [0.2, 0.25) is 0 Å². The van der Waals surface area contributed by atoms with Crippen LogP contribution in [-0.4, -0.2) is 58.5 Å². The van der Waals surface area contributed by atoms with Gasteiger partial charge in [0.1, 0.15) is 11.6 Å². The second-order valence-electron chi connectivity index (χ2n) is 6.74. The number of rotatable bonds is 7. The van der Waals surface area contributed by atoms with Gasteiger partial charge in [0.25, 0.3) is 5.91 Å². The summed E-state index contributed by atoms with van der Waals surface area (Å²) in [7, 11) is 1.67. The molecule has 1 amide bonds. The quantitative estimate of drug-likeness (QED) is 0.401. The van der Waals surface area contributed by atoms with Gasteiger partial charge in [-0.3, -0.25) is 9.59 Å². The molecule has 9 heteroatoms. The van der Waals surface area contributed by atoms with E-state index in [9.17, 15) is 14.0 Å². The Morgan fingerprint density at radius 3 is 2.64 bits per heavy atom. The van der Waals surface area contributed by atoms with E-state index in [0.717, 1.165) is 3.57 Å². The van der Waals surface area contributed by atoms with E-state index in [0.29, 0.717) is 36.7 Å². The number of Topliss-reactive ketones (excluding diaryl/α,β-unsaturated/α-hetero) is 1. The van der Waals surface area contributed by atoms with E-state index in [-0.39, 0.29) is 30.0 Å². The lowest BCUT2D eigenvalue weighted by molar-refractivity contribution is 0.0563. The third-order valence-electron chi connectivity index (χ3n) is 4.72. The zero-order valence-electron chi connectivity index (χ0n) is 15.6. The van der Waals surface area contributed by atoms with E-state index in [1.807, 2.05) is 22.6 Å². The summed E-state index contributed by atoms with van der Waals surface area (Å²) in [6.07, 6.45) is 0. The second-order valence-corrected chi connectivity index (χ2v) is 7.99. The van der Waals surface area contributed by atoms with Gasteiger partial charge in [-0.15, -0.1) is 0 Å². The molecule has 0 aliphatic carbocycles. The molecule has 1 aromatic heterocycles. The Hall–Kier alpha value is -1.98. The highest BCUT2D eigenvalue weighted by molar-refractivity contribution is 14.1. The van der Waals surface area contributed by atoms with Crippen LogP contribution in [0.4, 0.5) is 15.9 Å². The van der Waals surface area contributed by atoms with Gasteiger partial charge in [0, 0.05) is 43.2 Å². The molecule has 0 spiro atoms. The molecule has 28 heavy (non-hydrogen) atoms. The molecule has 0 saturated carbocycles. The number of hydrogen-bond acceptors (Lipinski definition) is 5. The maximum atomic E-state index is 14.3. The largest absolute Gasteiger partial charge is 0.395 e. The first kappa shape index (κ1) is 20.7. The number of nitrogens with zero attached hydrogens (tertiary/aromatic N) is 2. The molecule has 0 radical (unpaired) electrons. The monoisotopic (exact) mass is 500 g/mol. The minimum atomic E-state index is -0.437. The van der Waals surface area contributed by atoms with E-state index < -0.39 is 5.82 Å². The van der Waals surface area contributed by atoms with Gasteiger partial charge < -0.3 is 25.2 Å². The molecule has 1 aromatic carbocycles. The van der Waals surface area contributed by atoms with Crippen molar-refractivity contribution in [2.75, 3.05) is 31.6 Å². The van der Waals surface area contributed by atoms with Crippen LogP contribution in [0.2, 0.25) is 0 Å². The van der Waals surface area contributed by atoms with Crippen molar-refractivity contribution in [1.82, 2.24) is 14.8 Å². The molecule has 0 unspecified atom stereocenters. The van der Waals surface area contributed by atoms with Crippen LogP contribution in [0.5, 0.6) is 0 Å². The third-order valence-corrected chi connectivity index (χ3v) is 5.39. The first-order valence-electron chi connectivity index (χ1n) is 8.88. The number of aromatic nitrogens is 1. The van der Waals surface area contributed by atoms with Crippen molar-refractivity contribution in [3.63, 3.8) is 0 Å². The summed E-state index contributed by atoms with van der Waals surface area (Å²) in [5.41, 5.74) is 0.926. The van der Waals surface area contributed by atoms with Crippen LogP contribution in [-0.2, 0) is 7.05 Å². The maximum absolute atomic E-state index is 14.3. The van der Waals surface area contributed by atoms with Crippen LogP contribution in [0.3, 0.4) is 0 Å². The predicted molar refractivity (Wildman–Crippen MR) is 113 cm³/mol. The molecule has 0 atom stereocenters. The number of likely N-dealkylation sites (tertiary alicyclic amines) is 1. The first-order chi connectivity index (χ1) is 13.3. The van der Waals surface area contributed by atoms with E-state index in [2.05, 4.69) is 10.6 Å². The van der Waals surface area contributed by atoms with Gasteiger partial charge in [-0.05, 0) is 46.9 Å². The lowest BCUT2D eigenvalue weighted by Crippen LogP contribution is -2.60. The normalized spacial score (nSPS) is 14.1. The number of aliphatic hydroxyl groups is 1. The van der Waals surface area contributed by atoms with Crippen molar-refractivity contribution in [2.45, 2.75) is 13.0 Å². The number of aliphatic hydroxyl groups excluding tert-OH is 1. The van der Waals surface area contributed by atoms with Crippen LogP contribution < -0.4 is 10.6 Å². The molecule has 3 N–H and O–H groups in total. The average Bonchev–Trinajstić information content (AvgIpc) is 2.93. The van der Waals surface area contributed by atoms with Crippen LogP contribution in [0.25, 0.3) is 0 Å². The second kappa shape index (κ2) is 8.58. The number of ketones is 1. The number of carbonyl (C=O) groups excluding carboxylic acids is 2. The van der Waals surface area contributed by atoms with E-state index >= 15 is 0 Å². The molecule has 7 nitrogen and oxygen atoms in total. The van der Waals surface area contributed by atoms with Gasteiger partial charge in [-0.25, -0.2) is 4.39 Å². The van der Waals surface area contributed by atoms with Crippen LogP contribution in [0.15, 0.2) is 24.3 Å². The zero-order valence-corrected chi connectivity index (χ0v) is 17.8. The fraction of sp³-hybridized carbons (Fsp3) is 0.368. The van der Waals surface area contributed by atoms with Gasteiger partial charge in [-0.1, -0.05) is 0 Å². The van der Waals surface area contributed by atoms with Gasteiger partial charge in [-0.2, -0.15) is 0 Å². The van der Waals surface area contributed by atoms with Gasteiger partial charge >= 0.3 is 0 Å². The van der Waals surface area contributed by atoms with Crippen LogP contribution in [0, 0.1) is 9.39 Å². The third kappa shape index (κ3) is 4.20. The van der Waals surface area contributed by atoms with Crippen molar-refractivity contribution in [3.8, 4) is 0 Å². The lowest BCUT2D eigenvalue weighted by Gasteiger charge is -2.39. The standard InChI is InChI=1S/C19H22FIN4O3/c1-11(27)17-8-14(19(28)25-9-13(10-25)22-5-6-26)18(24(17)2)23-16-4-3-12(21)7-15(16)20/h3-4,7-8,13,22-23,26H,5-6,9-10H2,1-2H3. The molecule has 3 rings (SSSR count). The molecular weight excluding hydrogens is 478 g/mol. The molecular formula is C19H22FIN4O3. The van der Waals surface area contributed by atoms with E-state index in [4.69, 9.17) is 5.11 Å². The number of hydrogen-bond donors (Lipinski definition) is 3. The number of nitrogens with one attached hydrogen (secondary N) is 2. The first-order valence-corrected chi connectivity index (χ1v) is 9.96. The van der Waals surface area contributed by atoms with Crippen molar-refractivity contribution >= 4 is 45.8 Å². The molecule has 2 heterocycles. The molecule has 0 bridgehead atoms. The highest BCUT2D eigenvalue weighted by atomic mass is 127. The number of halogens is 2. The van der Waals surface area contributed by atoms with E-state index in [1.54, 1.807) is 34.7 Å². The molecule has 1 fully saturated rings. The van der Waals surface area contributed by atoms with Crippen molar-refractivity contribution in [2.24, 2.45) is 7.05 Å². The average molecular weight is 500 g/mol. The number of benzene rings is 1. The Morgan fingerprint density at radius 1 is 1.32 bits per heavy atom. The topological polar surface area (TPSA) is 86.6 Å². The van der Waals surface area contributed by atoms with Gasteiger partial charge in [0.15, 0.2) is 5.78 Å². The minimum absolute atomic E-state index is 0.0424. The summed E-state index contributed by atoms with van der Waals surface area (Å²) in [6, 6.07) is 6.44. The highest BCUT2D eigenvalue weighted by Crippen LogP contribution is 2.29.